The molecule has 0 radical (unpaired) electrons. The van der Waals surface area contributed by atoms with Crippen molar-refractivity contribution in [3.8, 4) is 0 Å². The summed E-state index contributed by atoms with van der Waals surface area (Å²) in [5.74, 6) is -0.116. The highest BCUT2D eigenvalue weighted by molar-refractivity contribution is 5.82. The van der Waals surface area contributed by atoms with Crippen LogP contribution in [0.1, 0.15) is 20.3 Å². The Morgan fingerprint density at radius 3 is 2.50 bits per heavy atom. The minimum atomic E-state index is -0.734. The van der Waals surface area contributed by atoms with Crippen LogP contribution in [-0.2, 0) is 4.79 Å². The van der Waals surface area contributed by atoms with Gasteiger partial charge in [-0.1, -0.05) is 0 Å². The molecule has 0 spiro atoms. The summed E-state index contributed by atoms with van der Waals surface area (Å²) in [4.78, 5) is 12.7. The number of aliphatic hydroxyl groups is 1. The average Bonchev–Trinajstić information content (AvgIpc) is 2.14. The van der Waals surface area contributed by atoms with Crippen molar-refractivity contribution in [2.75, 3.05) is 6.54 Å². The van der Waals surface area contributed by atoms with E-state index in [1.165, 1.54) is 0 Å². The third-order valence-corrected chi connectivity index (χ3v) is 1.83. The normalized spacial score (nSPS) is 26.6. The first-order valence-corrected chi connectivity index (χ1v) is 3.61. The number of rotatable bonds is 1. The highest BCUT2D eigenvalue weighted by atomic mass is 16.3. The molecule has 3 heteroatoms. The predicted octanol–water partition coefficient (Wildman–Crippen LogP) is -0.0120. The molecular formula is C7H13NO2. The largest absolute Gasteiger partial charge is 0.383 e. The van der Waals surface area contributed by atoms with E-state index in [0.29, 0.717) is 13.0 Å². The van der Waals surface area contributed by atoms with Crippen LogP contribution in [0.3, 0.4) is 0 Å². The van der Waals surface area contributed by atoms with Gasteiger partial charge in [0.05, 0.1) is 0 Å². The van der Waals surface area contributed by atoms with Crippen LogP contribution in [0.4, 0.5) is 0 Å². The Hall–Kier alpha value is -0.570. The minimum absolute atomic E-state index is 0.116. The van der Waals surface area contributed by atoms with Crippen LogP contribution in [-0.4, -0.2) is 34.6 Å². The maximum absolute atomic E-state index is 11.0. The Balaban J connectivity index is 2.57. The lowest BCUT2D eigenvalue weighted by atomic mass is 10.3. The van der Waals surface area contributed by atoms with Gasteiger partial charge in [-0.25, -0.2) is 0 Å². The Morgan fingerprint density at radius 2 is 2.30 bits per heavy atom. The highest BCUT2D eigenvalue weighted by Gasteiger charge is 2.30. The summed E-state index contributed by atoms with van der Waals surface area (Å²) in [5.41, 5.74) is 0. The standard InChI is InChI=1S/C7H13NO2/c1-5(2)8-4-3-6(9)7(8)10/h5-6,9H,3-4H2,1-2H3/t6-/m1/s1. The van der Waals surface area contributed by atoms with E-state index in [2.05, 4.69) is 0 Å². The van der Waals surface area contributed by atoms with E-state index in [4.69, 9.17) is 5.11 Å². The summed E-state index contributed by atoms with van der Waals surface area (Å²) in [7, 11) is 0. The molecule has 58 valence electrons. The molecule has 1 atom stereocenters. The third kappa shape index (κ3) is 1.14. The van der Waals surface area contributed by atoms with Crippen LogP contribution in [0.2, 0.25) is 0 Å². The Morgan fingerprint density at radius 1 is 1.70 bits per heavy atom. The van der Waals surface area contributed by atoms with E-state index in [0.717, 1.165) is 0 Å². The number of aliphatic hydroxyl groups excluding tert-OH is 1. The summed E-state index contributed by atoms with van der Waals surface area (Å²) >= 11 is 0. The van der Waals surface area contributed by atoms with Gasteiger partial charge in [-0.05, 0) is 20.3 Å². The summed E-state index contributed by atoms with van der Waals surface area (Å²) in [6.45, 7) is 4.61. The van der Waals surface area contributed by atoms with Crippen molar-refractivity contribution in [1.82, 2.24) is 4.90 Å². The van der Waals surface area contributed by atoms with E-state index in [1.807, 2.05) is 13.8 Å². The van der Waals surface area contributed by atoms with E-state index >= 15 is 0 Å². The fourth-order valence-corrected chi connectivity index (χ4v) is 1.20. The van der Waals surface area contributed by atoms with Gasteiger partial charge in [-0.3, -0.25) is 4.79 Å². The molecule has 1 N–H and O–H groups in total. The molecule has 1 heterocycles. The molecule has 0 aromatic heterocycles. The van der Waals surface area contributed by atoms with Crippen molar-refractivity contribution in [1.29, 1.82) is 0 Å². The fraction of sp³-hybridized carbons (Fsp3) is 0.857. The molecular weight excluding hydrogens is 130 g/mol. The SMILES string of the molecule is CC(C)N1CC[C@@H](O)C1=O. The lowest BCUT2D eigenvalue weighted by Crippen LogP contribution is -2.34. The van der Waals surface area contributed by atoms with Crippen molar-refractivity contribution in [2.24, 2.45) is 0 Å². The lowest BCUT2D eigenvalue weighted by molar-refractivity contribution is -0.135. The van der Waals surface area contributed by atoms with E-state index in [9.17, 15) is 4.79 Å². The number of carbonyl (C=O) groups excluding carboxylic acids is 1. The fourth-order valence-electron chi connectivity index (χ4n) is 1.20. The van der Waals surface area contributed by atoms with Crippen molar-refractivity contribution in [3.05, 3.63) is 0 Å². The second kappa shape index (κ2) is 2.58. The Labute approximate surface area is 60.6 Å². The van der Waals surface area contributed by atoms with Crippen LogP contribution in [0, 0.1) is 0 Å². The number of nitrogens with zero attached hydrogens (tertiary/aromatic N) is 1. The summed E-state index contributed by atoms with van der Waals surface area (Å²) in [6, 6.07) is 0.227. The first-order chi connectivity index (χ1) is 4.63. The molecule has 0 bridgehead atoms. The summed E-state index contributed by atoms with van der Waals surface area (Å²) in [6.07, 6.45) is -0.140. The van der Waals surface area contributed by atoms with Crippen molar-refractivity contribution in [2.45, 2.75) is 32.4 Å². The zero-order valence-electron chi connectivity index (χ0n) is 6.37. The predicted molar refractivity (Wildman–Crippen MR) is 37.5 cm³/mol. The van der Waals surface area contributed by atoms with Gasteiger partial charge in [0.1, 0.15) is 6.10 Å². The summed E-state index contributed by atoms with van der Waals surface area (Å²) in [5, 5.41) is 9.03. The minimum Gasteiger partial charge on any atom is -0.383 e. The van der Waals surface area contributed by atoms with Crippen LogP contribution >= 0.6 is 0 Å². The molecule has 0 saturated carbocycles. The number of hydrogen-bond acceptors (Lipinski definition) is 2. The van der Waals surface area contributed by atoms with Crippen LogP contribution in [0.5, 0.6) is 0 Å². The average molecular weight is 143 g/mol. The first kappa shape index (κ1) is 7.54. The molecule has 1 fully saturated rings. The third-order valence-electron chi connectivity index (χ3n) is 1.83. The van der Waals surface area contributed by atoms with Crippen LogP contribution in [0.25, 0.3) is 0 Å². The maximum Gasteiger partial charge on any atom is 0.251 e. The molecule has 10 heavy (non-hydrogen) atoms. The smallest absolute Gasteiger partial charge is 0.251 e. The van der Waals surface area contributed by atoms with Crippen molar-refractivity contribution >= 4 is 5.91 Å². The second-order valence-corrected chi connectivity index (χ2v) is 2.93. The van der Waals surface area contributed by atoms with Gasteiger partial charge in [0.2, 0.25) is 0 Å². The zero-order valence-corrected chi connectivity index (χ0v) is 6.37. The van der Waals surface area contributed by atoms with Gasteiger partial charge in [-0.15, -0.1) is 0 Å². The van der Waals surface area contributed by atoms with Crippen molar-refractivity contribution in [3.63, 3.8) is 0 Å². The molecule has 0 aromatic carbocycles. The van der Waals surface area contributed by atoms with E-state index in [1.54, 1.807) is 4.90 Å². The second-order valence-electron chi connectivity index (χ2n) is 2.93. The van der Waals surface area contributed by atoms with Crippen molar-refractivity contribution < 1.29 is 9.90 Å². The molecule has 1 amide bonds. The molecule has 1 aliphatic rings. The highest BCUT2D eigenvalue weighted by Crippen LogP contribution is 2.13. The monoisotopic (exact) mass is 143 g/mol. The lowest BCUT2D eigenvalue weighted by Gasteiger charge is -2.19. The Kier molecular flexibility index (Phi) is 1.94. The molecule has 0 aromatic rings. The maximum atomic E-state index is 11.0. The number of likely N-dealkylation sites (tertiary alicyclic amines) is 1. The Bertz CT molecular complexity index is 145. The number of hydrogen-bond donors (Lipinski definition) is 1. The van der Waals surface area contributed by atoms with E-state index < -0.39 is 6.10 Å². The zero-order chi connectivity index (χ0) is 7.72. The topological polar surface area (TPSA) is 40.5 Å². The molecule has 0 aliphatic carbocycles. The quantitative estimate of drug-likeness (QED) is 0.560. The molecule has 0 unspecified atom stereocenters. The molecule has 3 nitrogen and oxygen atoms in total. The first-order valence-electron chi connectivity index (χ1n) is 3.61. The van der Waals surface area contributed by atoms with Crippen LogP contribution < -0.4 is 0 Å². The number of amides is 1. The number of carbonyl (C=O) groups is 1. The van der Waals surface area contributed by atoms with Gasteiger partial charge < -0.3 is 10.0 Å². The van der Waals surface area contributed by atoms with Gasteiger partial charge in [-0.2, -0.15) is 0 Å². The molecule has 1 aliphatic heterocycles. The molecule has 1 saturated heterocycles. The van der Waals surface area contributed by atoms with Gasteiger partial charge in [0, 0.05) is 12.6 Å². The van der Waals surface area contributed by atoms with Gasteiger partial charge >= 0.3 is 0 Å². The van der Waals surface area contributed by atoms with E-state index in [-0.39, 0.29) is 11.9 Å². The summed E-state index contributed by atoms with van der Waals surface area (Å²) < 4.78 is 0. The van der Waals surface area contributed by atoms with Crippen LogP contribution in [0.15, 0.2) is 0 Å². The van der Waals surface area contributed by atoms with Gasteiger partial charge in [0.25, 0.3) is 5.91 Å². The molecule has 1 rings (SSSR count). The van der Waals surface area contributed by atoms with Gasteiger partial charge in [0.15, 0.2) is 0 Å².